The van der Waals surface area contributed by atoms with Crippen molar-refractivity contribution in [2.24, 2.45) is 0 Å². The van der Waals surface area contributed by atoms with Crippen molar-refractivity contribution in [3.05, 3.63) is 24.2 Å². The number of thioether (sulfide) groups is 1. The van der Waals surface area contributed by atoms with E-state index >= 15 is 0 Å². The van der Waals surface area contributed by atoms with E-state index in [4.69, 9.17) is 4.42 Å². The molecule has 0 spiro atoms. The second-order valence-electron chi connectivity index (χ2n) is 2.49. The van der Waals surface area contributed by atoms with Crippen LogP contribution in [0.1, 0.15) is 25.5 Å². The van der Waals surface area contributed by atoms with Gasteiger partial charge in [-0.3, -0.25) is 0 Å². The van der Waals surface area contributed by atoms with E-state index in [2.05, 4.69) is 6.92 Å². The van der Waals surface area contributed by atoms with Gasteiger partial charge in [-0.25, -0.2) is 0 Å². The van der Waals surface area contributed by atoms with Gasteiger partial charge in [-0.05, 0) is 24.3 Å². The smallest absolute Gasteiger partial charge is 0.113 e. The van der Waals surface area contributed by atoms with Gasteiger partial charge in [0.2, 0.25) is 0 Å². The van der Waals surface area contributed by atoms with Crippen LogP contribution in [0.4, 0.5) is 0 Å². The highest BCUT2D eigenvalue weighted by atomic mass is 32.2. The molecule has 0 bridgehead atoms. The van der Waals surface area contributed by atoms with Crippen LogP contribution < -0.4 is 0 Å². The average molecular weight is 170 g/mol. The Bertz CT molecular complexity index is 170. The average Bonchev–Trinajstić information content (AvgIpc) is 2.50. The van der Waals surface area contributed by atoms with Crippen LogP contribution in [-0.2, 0) is 5.75 Å². The molecule has 1 aromatic heterocycles. The minimum atomic E-state index is 1.02. The molecule has 0 unspecified atom stereocenters. The Morgan fingerprint density at radius 1 is 1.55 bits per heavy atom. The molecule has 0 fully saturated rings. The molecule has 2 heteroatoms. The molecule has 1 aromatic rings. The molecular formula is C9H14OS. The van der Waals surface area contributed by atoms with Crippen molar-refractivity contribution in [1.29, 1.82) is 0 Å². The first kappa shape index (κ1) is 8.72. The maximum absolute atomic E-state index is 5.19. The Balaban J connectivity index is 2.04. The van der Waals surface area contributed by atoms with Crippen molar-refractivity contribution < 1.29 is 4.42 Å². The molecule has 0 aliphatic heterocycles. The lowest BCUT2D eigenvalue weighted by molar-refractivity contribution is 0.530. The predicted molar refractivity (Wildman–Crippen MR) is 49.8 cm³/mol. The van der Waals surface area contributed by atoms with E-state index in [9.17, 15) is 0 Å². The van der Waals surface area contributed by atoms with E-state index in [1.807, 2.05) is 23.9 Å². The summed E-state index contributed by atoms with van der Waals surface area (Å²) in [6.07, 6.45) is 4.33. The molecule has 0 aromatic carbocycles. The molecule has 0 saturated carbocycles. The summed E-state index contributed by atoms with van der Waals surface area (Å²) in [6.45, 7) is 2.22. The van der Waals surface area contributed by atoms with Crippen molar-refractivity contribution in [2.75, 3.05) is 5.75 Å². The Kier molecular flexibility index (Phi) is 4.21. The van der Waals surface area contributed by atoms with E-state index in [0.29, 0.717) is 0 Å². The lowest BCUT2D eigenvalue weighted by atomic mass is 10.4. The fourth-order valence-corrected chi connectivity index (χ4v) is 1.82. The third-order valence-electron chi connectivity index (χ3n) is 1.47. The molecule has 0 aliphatic carbocycles. The zero-order valence-corrected chi connectivity index (χ0v) is 7.69. The Morgan fingerprint density at radius 2 is 2.45 bits per heavy atom. The highest BCUT2D eigenvalue weighted by Gasteiger charge is 1.93. The Hall–Kier alpha value is -0.370. The van der Waals surface area contributed by atoms with Crippen LogP contribution in [0, 0.1) is 0 Å². The van der Waals surface area contributed by atoms with Crippen molar-refractivity contribution in [1.82, 2.24) is 0 Å². The SMILES string of the molecule is CCCCSCc1ccco1. The summed E-state index contributed by atoms with van der Waals surface area (Å²) < 4.78 is 5.19. The molecule has 62 valence electrons. The van der Waals surface area contributed by atoms with E-state index in [-0.39, 0.29) is 0 Å². The molecular weight excluding hydrogens is 156 g/mol. The molecule has 0 N–H and O–H groups in total. The quantitative estimate of drug-likeness (QED) is 0.629. The third kappa shape index (κ3) is 3.51. The third-order valence-corrected chi connectivity index (χ3v) is 2.53. The van der Waals surface area contributed by atoms with Crippen LogP contribution in [0.5, 0.6) is 0 Å². The minimum Gasteiger partial charge on any atom is -0.468 e. The van der Waals surface area contributed by atoms with Gasteiger partial charge in [0.05, 0.1) is 12.0 Å². The van der Waals surface area contributed by atoms with Crippen molar-refractivity contribution in [3.8, 4) is 0 Å². The number of hydrogen-bond acceptors (Lipinski definition) is 2. The highest BCUT2D eigenvalue weighted by Crippen LogP contribution is 2.13. The number of hydrogen-bond donors (Lipinski definition) is 0. The molecule has 1 nitrogen and oxygen atoms in total. The largest absolute Gasteiger partial charge is 0.468 e. The highest BCUT2D eigenvalue weighted by molar-refractivity contribution is 7.98. The van der Waals surface area contributed by atoms with Crippen LogP contribution in [0.3, 0.4) is 0 Å². The molecule has 11 heavy (non-hydrogen) atoms. The van der Waals surface area contributed by atoms with Gasteiger partial charge in [-0.1, -0.05) is 13.3 Å². The van der Waals surface area contributed by atoms with E-state index in [1.54, 1.807) is 6.26 Å². The zero-order chi connectivity index (χ0) is 7.94. The summed E-state index contributed by atoms with van der Waals surface area (Å²) in [5, 5.41) is 0. The first-order valence-corrected chi connectivity index (χ1v) is 5.19. The monoisotopic (exact) mass is 170 g/mol. The molecule has 0 amide bonds. The zero-order valence-electron chi connectivity index (χ0n) is 6.88. The minimum absolute atomic E-state index is 1.02. The van der Waals surface area contributed by atoms with Gasteiger partial charge in [0.25, 0.3) is 0 Å². The van der Waals surface area contributed by atoms with Gasteiger partial charge in [-0.2, -0.15) is 11.8 Å². The standard InChI is InChI=1S/C9H14OS/c1-2-3-7-11-8-9-5-4-6-10-9/h4-6H,2-3,7-8H2,1H3. The molecule has 0 aliphatic rings. The second kappa shape index (κ2) is 5.30. The predicted octanol–water partition coefficient (Wildman–Crippen LogP) is 3.31. The van der Waals surface area contributed by atoms with E-state index in [0.717, 1.165) is 11.5 Å². The molecule has 1 rings (SSSR count). The Labute approximate surface area is 72.2 Å². The summed E-state index contributed by atoms with van der Waals surface area (Å²) in [5.74, 6) is 3.36. The maximum Gasteiger partial charge on any atom is 0.113 e. The molecule has 1 heterocycles. The first-order chi connectivity index (χ1) is 5.43. The van der Waals surface area contributed by atoms with Crippen molar-refractivity contribution >= 4 is 11.8 Å². The first-order valence-electron chi connectivity index (χ1n) is 4.03. The van der Waals surface area contributed by atoms with Crippen LogP contribution in [0.15, 0.2) is 22.8 Å². The van der Waals surface area contributed by atoms with Gasteiger partial charge in [-0.15, -0.1) is 0 Å². The lowest BCUT2D eigenvalue weighted by Crippen LogP contribution is -1.79. The van der Waals surface area contributed by atoms with Crippen molar-refractivity contribution in [2.45, 2.75) is 25.5 Å². The van der Waals surface area contributed by atoms with Crippen LogP contribution in [0.2, 0.25) is 0 Å². The molecule has 0 saturated heterocycles. The fourth-order valence-electron chi connectivity index (χ4n) is 0.814. The topological polar surface area (TPSA) is 13.1 Å². The number of unbranched alkanes of at least 4 members (excludes halogenated alkanes) is 1. The van der Waals surface area contributed by atoms with E-state index in [1.165, 1.54) is 18.6 Å². The summed E-state index contributed by atoms with van der Waals surface area (Å²) in [4.78, 5) is 0. The summed E-state index contributed by atoms with van der Waals surface area (Å²) >= 11 is 1.94. The van der Waals surface area contributed by atoms with Crippen LogP contribution >= 0.6 is 11.8 Å². The van der Waals surface area contributed by atoms with Crippen LogP contribution in [-0.4, -0.2) is 5.75 Å². The fraction of sp³-hybridized carbons (Fsp3) is 0.556. The van der Waals surface area contributed by atoms with Crippen LogP contribution in [0.25, 0.3) is 0 Å². The number of rotatable bonds is 5. The number of furan rings is 1. The van der Waals surface area contributed by atoms with Gasteiger partial charge >= 0.3 is 0 Å². The molecule has 0 radical (unpaired) electrons. The van der Waals surface area contributed by atoms with E-state index < -0.39 is 0 Å². The summed E-state index contributed by atoms with van der Waals surface area (Å²) in [6, 6.07) is 3.97. The van der Waals surface area contributed by atoms with Gasteiger partial charge in [0, 0.05) is 0 Å². The summed E-state index contributed by atoms with van der Waals surface area (Å²) in [7, 11) is 0. The lowest BCUT2D eigenvalue weighted by Gasteiger charge is -1.95. The van der Waals surface area contributed by atoms with Crippen molar-refractivity contribution in [3.63, 3.8) is 0 Å². The van der Waals surface area contributed by atoms with Gasteiger partial charge in [0.15, 0.2) is 0 Å². The Morgan fingerprint density at radius 3 is 3.09 bits per heavy atom. The van der Waals surface area contributed by atoms with Gasteiger partial charge < -0.3 is 4.42 Å². The second-order valence-corrected chi connectivity index (χ2v) is 3.59. The molecule has 0 atom stereocenters. The normalized spacial score (nSPS) is 10.3. The maximum atomic E-state index is 5.19. The van der Waals surface area contributed by atoms with Gasteiger partial charge in [0.1, 0.15) is 5.76 Å². The summed E-state index contributed by atoms with van der Waals surface area (Å²) in [5.41, 5.74) is 0.